The lowest BCUT2D eigenvalue weighted by atomic mass is 10.2. The highest BCUT2D eigenvalue weighted by atomic mass is 16.5. The molecule has 0 aromatic carbocycles. The van der Waals surface area contributed by atoms with Crippen LogP contribution in [0.1, 0.15) is 6.92 Å². The largest absolute Gasteiger partial charge is 0.394 e. The van der Waals surface area contributed by atoms with Gasteiger partial charge in [-0.25, -0.2) is 0 Å². The molecule has 0 spiro atoms. The molecule has 1 aliphatic heterocycles. The molecule has 1 aromatic heterocycles. The molecule has 5 heteroatoms. The molecule has 1 saturated heterocycles. The number of hydrogen-bond donors (Lipinski definition) is 1. The monoisotopic (exact) mass is 237 g/mol. The first-order valence-corrected chi connectivity index (χ1v) is 5.99. The van der Waals surface area contributed by atoms with Gasteiger partial charge in [-0.05, 0) is 18.7 Å². The third-order valence-corrected chi connectivity index (χ3v) is 3.12. The number of aromatic nitrogens is 1. The van der Waals surface area contributed by atoms with Gasteiger partial charge in [0.15, 0.2) is 0 Å². The van der Waals surface area contributed by atoms with Crippen LogP contribution in [-0.4, -0.2) is 41.8 Å². The van der Waals surface area contributed by atoms with E-state index in [1.165, 1.54) is 0 Å². The molecule has 1 aromatic rings. The van der Waals surface area contributed by atoms with Crippen molar-refractivity contribution in [3.63, 3.8) is 0 Å². The fraction of sp³-hybridized carbons (Fsp3) is 0.583. The van der Waals surface area contributed by atoms with Crippen LogP contribution in [0.4, 0.5) is 5.69 Å². The predicted octanol–water partition coefficient (Wildman–Crippen LogP) is 0.151. The van der Waals surface area contributed by atoms with E-state index in [1.54, 1.807) is 22.9 Å². The zero-order chi connectivity index (χ0) is 12.3. The number of ether oxygens (including phenoxy) is 1. The Labute approximate surface area is 101 Å². The summed E-state index contributed by atoms with van der Waals surface area (Å²) in [4.78, 5) is 14.1. The van der Waals surface area contributed by atoms with Gasteiger partial charge in [-0.1, -0.05) is 6.92 Å². The fourth-order valence-corrected chi connectivity index (χ4v) is 2.10. The van der Waals surface area contributed by atoms with E-state index in [9.17, 15) is 4.79 Å². The van der Waals surface area contributed by atoms with Crippen LogP contribution < -0.4 is 11.3 Å². The normalized spacial score (nSPS) is 21.6. The van der Waals surface area contributed by atoms with Gasteiger partial charge in [-0.3, -0.25) is 9.69 Å². The summed E-state index contributed by atoms with van der Waals surface area (Å²) in [5, 5.41) is 0. The van der Waals surface area contributed by atoms with Gasteiger partial charge in [0.1, 0.15) is 0 Å². The maximum Gasteiger partial charge on any atom is 0.273 e. The molecule has 1 unspecified atom stereocenters. The summed E-state index contributed by atoms with van der Waals surface area (Å²) in [6.07, 6.45) is 1.83. The molecule has 0 saturated carbocycles. The summed E-state index contributed by atoms with van der Waals surface area (Å²) in [6.45, 7) is 6.30. The Kier molecular flexibility index (Phi) is 3.81. The predicted molar refractivity (Wildman–Crippen MR) is 67.0 cm³/mol. The Morgan fingerprint density at radius 1 is 1.59 bits per heavy atom. The average Bonchev–Trinajstić information content (AvgIpc) is 2.35. The van der Waals surface area contributed by atoms with Crippen molar-refractivity contribution >= 4 is 5.69 Å². The summed E-state index contributed by atoms with van der Waals surface area (Å²) >= 11 is 0. The van der Waals surface area contributed by atoms with Gasteiger partial charge in [-0.2, -0.15) is 0 Å². The summed E-state index contributed by atoms with van der Waals surface area (Å²) in [5.74, 6) is 0. The maximum absolute atomic E-state index is 11.8. The van der Waals surface area contributed by atoms with E-state index in [0.717, 1.165) is 26.2 Å². The molecule has 1 aliphatic rings. The number of nitrogens with zero attached hydrogens (tertiary/aromatic N) is 2. The van der Waals surface area contributed by atoms with Crippen LogP contribution >= 0.6 is 0 Å². The minimum absolute atomic E-state index is 0.0724. The summed E-state index contributed by atoms with van der Waals surface area (Å²) in [5.41, 5.74) is 5.75. The number of rotatable bonds is 3. The number of nitrogen functional groups attached to an aromatic ring is 1. The molecular weight excluding hydrogens is 218 g/mol. The van der Waals surface area contributed by atoms with E-state index in [-0.39, 0.29) is 17.4 Å². The molecule has 0 amide bonds. The SMILES string of the molecule is CCN1CCOC(Cn2cccc(N)c2=O)C1. The van der Waals surface area contributed by atoms with Gasteiger partial charge < -0.3 is 15.0 Å². The molecule has 17 heavy (non-hydrogen) atoms. The number of anilines is 1. The van der Waals surface area contributed by atoms with Gasteiger partial charge >= 0.3 is 0 Å². The lowest BCUT2D eigenvalue weighted by Gasteiger charge is -2.32. The lowest BCUT2D eigenvalue weighted by Crippen LogP contribution is -2.45. The van der Waals surface area contributed by atoms with E-state index in [4.69, 9.17) is 10.5 Å². The van der Waals surface area contributed by atoms with Crippen LogP contribution in [0.2, 0.25) is 0 Å². The second kappa shape index (κ2) is 5.33. The van der Waals surface area contributed by atoms with Crippen molar-refractivity contribution in [2.45, 2.75) is 19.6 Å². The Balaban J connectivity index is 2.05. The van der Waals surface area contributed by atoms with Crippen LogP contribution in [0.25, 0.3) is 0 Å². The number of nitrogens with two attached hydrogens (primary N) is 1. The van der Waals surface area contributed by atoms with E-state index in [2.05, 4.69) is 11.8 Å². The summed E-state index contributed by atoms with van der Waals surface area (Å²) in [7, 11) is 0. The van der Waals surface area contributed by atoms with Crippen molar-refractivity contribution in [1.29, 1.82) is 0 Å². The smallest absolute Gasteiger partial charge is 0.273 e. The first-order valence-electron chi connectivity index (χ1n) is 5.99. The van der Waals surface area contributed by atoms with Crippen molar-refractivity contribution in [3.05, 3.63) is 28.7 Å². The molecule has 5 nitrogen and oxygen atoms in total. The average molecular weight is 237 g/mol. The van der Waals surface area contributed by atoms with Crippen LogP contribution in [-0.2, 0) is 11.3 Å². The first-order chi connectivity index (χ1) is 8.20. The number of hydrogen-bond acceptors (Lipinski definition) is 4. The fourth-order valence-electron chi connectivity index (χ4n) is 2.10. The molecule has 2 heterocycles. The Morgan fingerprint density at radius 2 is 2.41 bits per heavy atom. The molecule has 2 N–H and O–H groups in total. The second-order valence-electron chi connectivity index (χ2n) is 4.31. The minimum atomic E-state index is -0.135. The van der Waals surface area contributed by atoms with Crippen LogP contribution in [0.3, 0.4) is 0 Å². The third-order valence-electron chi connectivity index (χ3n) is 3.12. The highest BCUT2D eigenvalue weighted by Gasteiger charge is 2.19. The van der Waals surface area contributed by atoms with Gasteiger partial charge in [0.2, 0.25) is 0 Å². The quantitative estimate of drug-likeness (QED) is 0.813. The van der Waals surface area contributed by atoms with E-state index >= 15 is 0 Å². The topological polar surface area (TPSA) is 60.5 Å². The number of morpholine rings is 1. The molecule has 94 valence electrons. The number of likely N-dealkylation sites (N-methyl/N-ethyl adjacent to an activating group) is 1. The van der Waals surface area contributed by atoms with Gasteiger partial charge in [0, 0.05) is 19.3 Å². The van der Waals surface area contributed by atoms with Crippen molar-refractivity contribution in [2.75, 3.05) is 32.0 Å². The van der Waals surface area contributed by atoms with Gasteiger partial charge in [0.25, 0.3) is 5.56 Å². The Morgan fingerprint density at radius 3 is 3.18 bits per heavy atom. The molecule has 0 aliphatic carbocycles. The summed E-state index contributed by atoms with van der Waals surface area (Å²) < 4.78 is 7.29. The van der Waals surface area contributed by atoms with Crippen molar-refractivity contribution in [2.24, 2.45) is 0 Å². The maximum atomic E-state index is 11.8. The number of pyridine rings is 1. The Hall–Kier alpha value is -1.33. The molecule has 1 atom stereocenters. The third kappa shape index (κ3) is 2.87. The second-order valence-corrected chi connectivity index (χ2v) is 4.31. The zero-order valence-corrected chi connectivity index (χ0v) is 10.1. The van der Waals surface area contributed by atoms with E-state index in [1.807, 2.05) is 0 Å². The molecule has 1 fully saturated rings. The highest BCUT2D eigenvalue weighted by molar-refractivity contribution is 5.33. The lowest BCUT2D eigenvalue weighted by molar-refractivity contribution is -0.0346. The van der Waals surface area contributed by atoms with E-state index in [0.29, 0.717) is 6.54 Å². The zero-order valence-electron chi connectivity index (χ0n) is 10.1. The molecule has 0 bridgehead atoms. The summed E-state index contributed by atoms with van der Waals surface area (Å²) in [6, 6.07) is 3.41. The van der Waals surface area contributed by atoms with Crippen molar-refractivity contribution in [1.82, 2.24) is 9.47 Å². The van der Waals surface area contributed by atoms with Crippen molar-refractivity contribution < 1.29 is 4.74 Å². The molecular formula is C12H19N3O2. The standard InChI is InChI=1S/C12H19N3O2/c1-2-14-6-7-17-10(8-14)9-15-5-3-4-11(13)12(15)16/h3-5,10H,2,6-9,13H2,1H3. The van der Waals surface area contributed by atoms with Gasteiger partial charge in [-0.15, -0.1) is 0 Å². The van der Waals surface area contributed by atoms with E-state index < -0.39 is 0 Å². The first kappa shape index (κ1) is 12.1. The van der Waals surface area contributed by atoms with Crippen molar-refractivity contribution in [3.8, 4) is 0 Å². The van der Waals surface area contributed by atoms with Gasteiger partial charge in [0.05, 0.1) is 24.9 Å². The van der Waals surface area contributed by atoms with Crippen LogP contribution in [0, 0.1) is 0 Å². The minimum Gasteiger partial charge on any atom is -0.394 e. The highest BCUT2D eigenvalue weighted by Crippen LogP contribution is 2.06. The molecule has 0 radical (unpaired) electrons. The van der Waals surface area contributed by atoms with Crippen LogP contribution in [0.15, 0.2) is 23.1 Å². The molecule has 2 rings (SSSR count). The van der Waals surface area contributed by atoms with Crippen LogP contribution in [0.5, 0.6) is 0 Å². The Bertz CT molecular complexity index is 430.